The molecule has 2 aromatic heterocycles. The Bertz CT molecular complexity index is 1140. The number of carbonyl (C=O) groups is 1. The van der Waals surface area contributed by atoms with Gasteiger partial charge in [-0.3, -0.25) is 14.3 Å². The molecule has 1 aromatic carbocycles. The van der Waals surface area contributed by atoms with Crippen molar-refractivity contribution < 1.29 is 9.53 Å². The maximum absolute atomic E-state index is 13.6. The number of morpholine rings is 1. The highest BCUT2D eigenvalue weighted by Crippen LogP contribution is 2.23. The van der Waals surface area contributed by atoms with Gasteiger partial charge in [0.1, 0.15) is 11.2 Å². The molecule has 0 bridgehead atoms. The summed E-state index contributed by atoms with van der Waals surface area (Å²) in [5.74, 6) is 1.84. The predicted molar refractivity (Wildman–Crippen MR) is 154 cm³/mol. The van der Waals surface area contributed by atoms with Crippen molar-refractivity contribution in [2.24, 2.45) is 11.8 Å². The minimum atomic E-state index is 0.00633. The van der Waals surface area contributed by atoms with E-state index < -0.39 is 0 Å². The van der Waals surface area contributed by atoms with Crippen LogP contribution in [0.3, 0.4) is 0 Å². The highest BCUT2D eigenvalue weighted by molar-refractivity contribution is 5.94. The normalized spacial score (nSPS) is 14.5. The van der Waals surface area contributed by atoms with Gasteiger partial charge in [0.25, 0.3) is 5.91 Å². The first kappa shape index (κ1) is 28.0. The lowest BCUT2D eigenvalue weighted by molar-refractivity contribution is 0.0370. The van der Waals surface area contributed by atoms with Crippen LogP contribution in [0.25, 0.3) is 11.2 Å². The van der Waals surface area contributed by atoms with E-state index in [9.17, 15) is 4.79 Å². The number of nitrogens with one attached hydrogen (secondary N) is 1. The Morgan fingerprint density at radius 3 is 2.29 bits per heavy atom. The summed E-state index contributed by atoms with van der Waals surface area (Å²) in [6.07, 6.45) is 2.93. The molecule has 206 valence electrons. The largest absolute Gasteiger partial charge is 0.379 e. The van der Waals surface area contributed by atoms with E-state index in [0.717, 1.165) is 94.5 Å². The Morgan fingerprint density at radius 1 is 0.947 bits per heavy atom. The van der Waals surface area contributed by atoms with E-state index in [0.29, 0.717) is 17.5 Å². The number of para-hydroxylation sites is 1. The van der Waals surface area contributed by atoms with Crippen molar-refractivity contribution in [3.05, 3.63) is 48.2 Å². The number of fused-ring (bicyclic) bond motifs is 1. The van der Waals surface area contributed by atoms with E-state index in [4.69, 9.17) is 14.7 Å². The van der Waals surface area contributed by atoms with Crippen molar-refractivity contribution in [2.75, 3.05) is 51.3 Å². The summed E-state index contributed by atoms with van der Waals surface area (Å²) in [5.41, 5.74) is 3.01. The summed E-state index contributed by atoms with van der Waals surface area (Å²) in [6, 6.07) is 13.8. The molecular weight excluding hydrogens is 476 g/mol. The number of amides is 1. The summed E-state index contributed by atoms with van der Waals surface area (Å²) in [7, 11) is 0. The van der Waals surface area contributed by atoms with E-state index >= 15 is 0 Å². The molecule has 1 saturated heterocycles. The molecule has 0 saturated carbocycles. The van der Waals surface area contributed by atoms with Crippen LogP contribution < -0.4 is 5.32 Å². The van der Waals surface area contributed by atoms with Crippen LogP contribution in [0.15, 0.2) is 42.5 Å². The Balaban J connectivity index is 1.60. The van der Waals surface area contributed by atoms with E-state index in [1.165, 1.54) is 0 Å². The molecule has 1 N–H and O–H groups in total. The van der Waals surface area contributed by atoms with Crippen LogP contribution in [-0.2, 0) is 11.3 Å². The van der Waals surface area contributed by atoms with Gasteiger partial charge >= 0.3 is 0 Å². The molecule has 3 aromatic rings. The number of aromatic nitrogens is 3. The monoisotopic (exact) mass is 520 g/mol. The topological polar surface area (TPSA) is 75.5 Å². The van der Waals surface area contributed by atoms with Gasteiger partial charge in [-0.25, -0.2) is 9.97 Å². The number of anilines is 2. The van der Waals surface area contributed by atoms with Crippen LogP contribution in [0.4, 0.5) is 11.6 Å². The number of hydrogen-bond donors (Lipinski definition) is 1. The molecule has 4 rings (SSSR count). The van der Waals surface area contributed by atoms with Crippen LogP contribution in [0.1, 0.15) is 57.4 Å². The van der Waals surface area contributed by atoms with Crippen LogP contribution in [0, 0.1) is 11.8 Å². The fourth-order valence-electron chi connectivity index (χ4n) is 4.66. The van der Waals surface area contributed by atoms with Crippen LogP contribution in [0.5, 0.6) is 0 Å². The summed E-state index contributed by atoms with van der Waals surface area (Å²) in [4.78, 5) is 27.8. The van der Waals surface area contributed by atoms with Gasteiger partial charge in [0, 0.05) is 45.0 Å². The minimum absolute atomic E-state index is 0.00633. The van der Waals surface area contributed by atoms with Crippen molar-refractivity contribution in [3.8, 4) is 0 Å². The fourth-order valence-corrected chi connectivity index (χ4v) is 4.66. The molecule has 0 unspecified atom stereocenters. The van der Waals surface area contributed by atoms with E-state index in [1.54, 1.807) is 0 Å². The summed E-state index contributed by atoms with van der Waals surface area (Å²) in [5, 5.41) is 3.47. The quantitative estimate of drug-likeness (QED) is 0.324. The number of ether oxygens (including phenoxy) is 1. The number of hydrogen-bond acceptors (Lipinski definition) is 6. The van der Waals surface area contributed by atoms with Crippen LogP contribution >= 0.6 is 0 Å². The Morgan fingerprint density at radius 2 is 1.63 bits per heavy atom. The molecule has 1 aliphatic heterocycles. The van der Waals surface area contributed by atoms with Crippen molar-refractivity contribution in [3.63, 3.8) is 0 Å². The average Bonchev–Trinajstić information content (AvgIpc) is 3.25. The van der Waals surface area contributed by atoms with Crippen molar-refractivity contribution in [2.45, 2.75) is 53.5 Å². The average molecular weight is 521 g/mol. The van der Waals surface area contributed by atoms with Crippen LogP contribution in [-0.4, -0.2) is 76.2 Å². The number of pyridine rings is 1. The van der Waals surface area contributed by atoms with E-state index in [1.807, 2.05) is 47.4 Å². The van der Waals surface area contributed by atoms with Gasteiger partial charge in [-0.1, -0.05) is 45.9 Å². The molecule has 0 aliphatic carbocycles. The molecule has 1 fully saturated rings. The smallest absolute Gasteiger partial charge is 0.272 e. The van der Waals surface area contributed by atoms with Crippen molar-refractivity contribution in [1.82, 2.24) is 24.3 Å². The number of rotatable bonds is 13. The first-order valence-corrected chi connectivity index (χ1v) is 14.2. The summed E-state index contributed by atoms with van der Waals surface area (Å²) >= 11 is 0. The van der Waals surface area contributed by atoms with Gasteiger partial charge in [-0.05, 0) is 55.4 Å². The number of nitrogens with zero attached hydrogens (tertiary/aromatic N) is 5. The highest BCUT2D eigenvalue weighted by Gasteiger charge is 2.21. The lowest BCUT2D eigenvalue weighted by Crippen LogP contribution is -2.37. The molecule has 3 heterocycles. The van der Waals surface area contributed by atoms with Gasteiger partial charge in [-0.2, -0.15) is 0 Å². The maximum atomic E-state index is 13.6. The number of carbonyl (C=O) groups excluding carboxylic acids is 1. The zero-order valence-electron chi connectivity index (χ0n) is 23.5. The van der Waals surface area contributed by atoms with Gasteiger partial charge in [-0.15, -0.1) is 0 Å². The van der Waals surface area contributed by atoms with Gasteiger partial charge < -0.3 is 15.0 Å². The zero-order chi connectivity index (χ0) is 26.9. The summed E-state index contributed by atoms with van der Waals surface area (Å²) < 4.78 is 7.63. The molecule has 38 heavy (non-hydrogen) atoms. The Labute approximate surface area is 227 Å². The van der Waals surface area contributed by atoms with Gasteiger partial charge in [0.15, 0.2) is 5.65 Å². The molecule has 0 spiro atoms. The summed E-state index contributed by atoms with van der Waals surface area (Å²) in [6.45, 7) is 15.6. The standard InChI is InChI=1S/C30H44N6O2/c1-23(2)13-17-35(18-14-24(3)4)29(37)27-12-11-26-28(32-27)36(16-8-15-34-19-21-38-22-20-34)30(33-26)31-25-9-6-5-7-10-25/h5-7,9-12,23-24H,8,13-22H2,1-4H3,(H,31,33). The zero-order valence-corrected chi connectivity index (χ0v) is 23.5. The second-order valence-corrected chi connectivity index (χ2v) is 11.1. The van der Waals surface area contributed by atoms with E-state index in [-0.39, 0.29) is 5.91 Å². The SMILES string of the molecule is CC(C)CCN(CCC(C)C)C(=O)c1ccc2nc(Nc3ccccc3)n(CCCN3CCOCC3)c2n1. The second-order valence-electron chi connectivity index (χ2n) is 11.1. The molecule has 0 atom stereocenters. The van der Waals surface area contributed by atoms with Crippen molar-refractivity contribution in [1.29, 1.82) is 0 Å². The first-order chi connectivity index (χ1) is 18.4. The molecule has 8 heteroatoms. The lowest BCUT2D eigenvalue weighted by Gasteiger charge is -2.26. The third kappa shape index (κ3) is 7.77. The van der Waals surface area contributed by atoms with Crippen molar-refractivity contribution >= 4 is 28.7 Å². The maximum Gasteiger partial charge on any atom is 0.272 e. The third-order valence-corrected chi connectivity index (χ3v) is 7.04. The highest BCUT2D eigenvalue weighted by atomic mass is 16.5. The first-order valence-electron chi connectivity index (χ1n) is 14.2. The van der Waals surface area contributed by atoms with Gasteiger partial charge in [0.05, 0.1) is 13.2 Å². The molecule has 1 amide bonds. The fraction of sp³-hybridized carbons (Fsp3) is 0.567. The minimum Gasteiger partial charge on any atom is -0.379 e. The number of benzene rings is 1. The number of aryl methyl sites for hydroxylation is 1. The Kier molecular flexibility index (Phi) is 10.1. The predicted octanol–water partition coefficient (Wildman–Crippen LogP) is 5.43. The lowest BCUT2D eigenvalue weighted by atomic mass is 10.1. The second kappa shape index (κ2) is 13.7. The number of imidazole rings is 1. The molecule has 0 radical (unpaired) electrons. The third-order valence-electron chi connectivity index (χ3n) is 7.04. The Hall–Kier alpha value is -2.97. The molecular formula is C30H44N6O2. The van der Waals surface area contributed by atoms with Crippen LogP contribution in [0.2, 0.25) is 0 Å². The van der Waals surface area contributed by atoms with Gasteiger partial charge in [0.2, 0.25) is 5.95 Å². The molecule has 8 nitrogen and oxygen atoms in total. The molecule has 1 aliphatic rings. The van der Waals surface area contributed by atoms with E-state index in [2.05, 4.69) is 42.5 Å².